The fourth-order valence-corrected chi connectivity index (χ4v) is 2.35. The van der Waals surface area contributed by atoms with E-state index in [2.05, 4.69) is 5.32 Å². The van der Waals surface area contributed by atoms with Crippen LogP contribution in [0.15, 0.2) is 18.2 Å². The van der Waals surface area contributed by atoms with Crippen LogP contribution < -0.4 is 10.1 Å². The van der Waals surface area contributed by atoms with Crippen LogP contribution >= 0.6 is 11.6 Å². The summed E-state index contributed by atoms with van der Waals surface area (Å²) < 4.78 is 10.9. The zero-order valence-electron chi connectivity index (χ0n) is 12.4. The van der Waals surface area contributed by atoms with E-state index in [1.54, 1.807) is 23.1 Å². The largest absolute Gasteiger partial charge is 0.492 e. The maximum atomic E-state index is 12.2. The lowest BCUT2D eigenvalue weighted by molar-refractivity contribution is -0.00138. The summed E-state index contributed by atoms with van der Waals surface area (Å²) in [5, 5.41) is 3.34. The first-order valence-corrected chi connectivity index (χ1v) is 7.58. The molecule has 1 saturated heterocycles. The molecule has 1 atom stereocenters. The average Bonchev–Trinajstić information content (AvgIpc) is 2.46. The van der Waals surface area contributed by atoms with E-state index < -0.39 is 0 Å². The van der Waals surface area contributed by atoms with Crippen LogP contribution in [0.3, 0.4) is 0 Å². The molecule has 1 aromatic rings. The highest BCUT2D eigenvalue weighted by atomic mass is 35.5. The van der Waals surface area contributed by atoms with Crippen LogP contribution in [0.2, 0.25) is 5.02 Å². The molecular weight excluding hydrogens is 292 g/mol. The minimum absolute atomic E-state index is 0.0675. The Morgan fingerprint density at radius 3 is 3.05 bits per heavy atom. The lowest BCUT2D eigenvalue weighted by atomic mass is 10.3. The first-order chi connectivity index (χ1) is 10.1. The first kappa shape index (κ1) is 15.9. The highest BCUT2D eigenvalue weighted by molar-refractivity contribution is 6.32. The van der Waals surface area contributed by atoms with Gasteiger partial charge in [0.2, 0.25) is 0 Å². The molecule has 1 aliphatic heterocycles. The van der Waals surface area contributed by atoms with Gasteiger partial charge >= 0.3 is 6.03 Å². The van der Waals surface area contributed by atoms with E-state index in [-0.39, 0.29) is 12.1 Å². The fourth-order valence-electron chi connectivity index (χ4n) is 2.11. The monoisotopic (exact) mass is 312 g/mol. The Bertz CT molecular complexity index is 496. The van der Waals surface area contributed by atoms with E-state index >= 15 is 0 Å². The van der Waals surface area contributed by atoms with Gasteiger partial charge in [-0.1, -0.05) is 18.5 Å². The van der Waals surface area contributed by atoms with E-state index in [1.807, 2.05) is 13.8 Å². The molecule has 0 aromatic heterocycles. The van der Waals surface area contributed by atoms with Crippen molar-refractivity contribution in [3.63, 3.8) is 0 Å². The van der Waals surface area contributed by atoms with Crippen LogP contribution in [-0.2, 0) is 4.74 Å². The molecule has 1 unspecified atom stereocenters. The summed E-state index contributed by atoms with van der Waals surface area (Å²) >= 11 is 6.15. The molecule has 6 heteroatoms. The summed E-state index contributed by atoms with van der Waals surface area (Å²) in [5.41, 5.74) is 0.660. The molecule has 116 valence electrons. The minimum Gasteiger partial charge on any atom is -0.492 e. The van der Waals surface area contributed by atoms with Gasteiger partial charge in [0.25, 0.3) is 0 Å². The van der Waals surface area contributed by atoms with Crippen molar-refractivity contribution in [1.82, 2.24) is 4.90 Å². The van der Waals surface area contributed by atoms with Crippen molar-refractivity contribution in [2.75, 3.05) is 31.6 Å². The van der Waals surface area contributed by atoms with Crippen molar-refractivity contribution in [3.05, 3.63) is 23.2 Å². The molecule has 1 aliphatic rings. The molecule has 2 amide bonds. The number of morpholine rings is 1. The second-order valence-corrected chi connectivity index (χ2v) is 5.46. The fraction of sp³-hybridized carbons (Fsp3) is 0.533. The summed E-state index contributed by atoms with van der Waals surface area (Å²) in [4.78, 5) is 13.9. The van der Waals surface area contributed by atoms with Crippen LogP contribution in [0, 0.1) is 0 Å². The smallest absolute Gasteiger partial charge is 0.322 e. The second kappa shape index (κ2) is 7.52. The van der Waals surface area contributed by atoms with Gasteiger partial charge in [0.05, 0.1) is 24.3 Å². The Morgan fingerprint density at radius 1 is 1.57 bits per heavy atom. The average molecular weight is 313 g/mol. The number of benzene rings is 1. The number of hydrogen-bond donors (Lipinski definition) is 1. The molecule has 1 heterocycles. The maximum Gasteiger partial charge on any atom is 0.322 e. The summed E-state index contributed by atoms with van der Waals surface area (Å²) in [6, 6.07) is 5.13. The zero-order valence-corrected chi connectivity index (χ0v) is 13.2. The lowest BCUT2D eigenvalue weighted by Crippen LogP contribution is -2.46. The molecule has 1 fully saturated rings. The molecular formula is C15H21ClN2O3. The Kier molecular flexibility index (Phi) is 5.70. The molecule has 0 radical (unpaired) electrons. The molecule has 21 heavy (non-hydrogen) atoms. The summed E-state index contributed by atoms with van der Waals surface area (Å²) in [5.74, 6) is 0.636. The summed E-state index contributed by atoms with van der Waals surface area (Å²) in [7, 11) is 0. The van der Waals surface area contributed by atoms with Crippen molar-refractivity contribution < 1.29 is 14.3 Å². The molecule has 2 rings (SSSR count). The predicted octanol–water partition coefficient (Wildman–Crippen LogP) is 3.38. The van der Waals surface area contributed by atoms with Gasteiger partial charge in [0.1, 0.15) is 5.75 Å². The topological polar surface area (TPSA) is 50.8 Å². The first-order valence-electron chi connectivity index (χ1n) is 7.20. The summed E-state index contributed by atoms with van der Waals surface area (Å²) in [6.45, 7) is 6.37. The molecule has 0 saturated carbocycles. The predicted molar refractivity (Wildman–Crippen MR) is 83.2 cm³/mol. The van der Waals surface area contributed by atoms with Crippen LogP contribution in [-0.4, -0.2) is 43.3 Å². The zero-order chi connectivity index (χ0) is 15.2. The molecule has 0 aliphatic carbocycles. The normalized spacial score (nSPS) is 18.4. The molecule has 5 nitrogen and oxygen atoms in total. The van der Waals surface area contributed by atoms with E-state index in [4.69, 9.17) is 21.1 Å². The lowest BCUT2D eigenvalue weighted by Gasteiger charge is -2.31. The minimum atomic E-state index is -0.136. The summed E-state index contributed by atoms with van der Waals surface area (Å²) in [6.07, 6.45) is 0.988. The third-order valence-corrected chi connectivity index (χ3v) is 3.47. The van der Waals surface area contributed by atoms with Crippen molar-refractivity contribution in [1.29, 1.82) is 0 Å². The molecule has 0 spiro atoms. The van der Waals surface area contributed by atoms with E-state index in [9.17, 15) is 4.79 Å². The van der Waals surface area contributed by atoms with E-state index in [1.165, 1.54) is 0 Å². The molecule has 1 N–H and O–H groups in total. The second-order valence-electron chi connectivity index (χ2n) is 5.05. The third kappa shape index (κ3) is 4.51. The Labute approximate surface area is 130 Å². The number of amides is 2. The van der Waals surface area contributed by atoms with E-state index in [0.29, 0.717) is 42.8 Å². The molecule has 0 bridgehead atoms. The number of anilines is 1. The van der Waals surface area contributed by atoms with Crippen LogP contribution in [0.1, 0.15) is 20.3 Å². The van der Waals surface area contributed by atoms with Gasteiger partial charge in [0.15, 0.2) is 0 Å². The van der Waals surface area contributed by atoms with Gasteiger partial charge < -0.3 is 19.7 Å². The van der Waals surface area contributed by atoms with Crippen molar-refractivity contribution in [2.45, 2.75) is 26.4 Å². The molecule has 1 aromatic carbocycles. The Hall–Kier alpha value is -1.46. The van der Waals surface area contributed by atoms with Crippen LogP contribution in [0.5, 0.6) is 5.75 Å². The Morgan fingerprint density at radius 2 is 2.38 bits per heavy atom. The number of rotatable bonds is 4. The van der Waals surface area contributed by atoms with Gasteiger partial charge in [-0.2, -0.15) is 0 Å². The van der Waals surface area contributed by atoms with Crippen molar-refractivity contribution in [2.24, 2.45) is 0 Å². The number of nitrogens with zero attached hydrogens (tertiary/aromatic N) is 1. The van der Waals surface area contributed by atoms with Gasteiger partial charge in [-0.3, -0.25) is 0 Å². The number of urea groups is 1. The third-order valence-electron chi connectivity index (χ3n) is 3.17. The number of halogens is 1. The SMILES string of the molecule is CCCOc1ccc(NC(=O)N2CCOC(C)C2)cc1Cl. The highest BCUT2D eigenvalue weighted by Gasteiger charge is 2.21. The van der Waals surface area contributed by atoms with Crippen LogP contribution in [0.4, 0.5) is 10.5 Å². The van der Waals surface area contributed by atoms with Crippen molar-refractivity contribution >= 4 is 23.3 Å². The highest BCUT2D eigenvalue weighted by Crippen LogP contribution is 2.28. The maximum absolute atomic E-state index is 12.2. The number of carbonyl (C=O) groups is 1. The van der Waals surface area contributed by atoms with Gasteiger partial charge in [-0.15, -0.1) is 0 Å². The quantitative estimate of drug-likeness (QED) is 0.927. The van der Waals surface area contributed by atoms with Gasteiger partial charge in [-0.25, -0.2) is 4.79 Å². The standard InChI is InChI=1S/C15H21ClN2O3/c1-3-7-21-14-5-4-12(9-13(14)16)17-15(19)18-6-8-20-11(2)10-18/h4-5,9,11H,3,6-8,10H2,1-2H3,(H,17,19). The Balaban J connectivity index is 1.96. The van der Waals surface area contributed by atoms with E-state index in [0.717, 1.165) is 6.42 Å². The number of nitrogens with one attached hydrogen (secondary N) is 1. The number of ether oxygens (including phenoxy) is 2. The number of hydrogen-bond acceptors (Lipinski definition) is 3. The van der Waals surface area contributed by atoms with Crippen LogP contribution in [0.25, 0.3) is 0 Å². The number of carbonyl (C=O) groups excluding carboxylic acids is 1. The van der Waals surface area contributed by atoms with Gasteiger partial charge in [-0.05, 0) is 31.5 Å². The van der Waals surface area contributed by atoms with Gasteiger partial charge in [0, 0.05) is 18.8 Å². The van der Waals surface area contributed by atoms with Crippen molar-refractivity contribution in [3.8, 4) is 5.75 Å².